The van der Waals surface area contributed by atoms with Gasteiger partial charge in [0, 0.05) is 5.56 Å². The number of nitrogens with two attached hydrogens (primary N) is 1. The highest BCUT2D eigenvalue weighted by atomic mass is 35.5. The molecular weight excluding hydrogens is 212 g/mol. The zero-order chi connectivity index (χ0) is 10.0. The molecule has 0 bridgehead atoms. The van der Waals surface area contributed by atoms with E-state index < -0.39 is 24.3 Å². The third-order valence-corrected chi connectivity index (χ3v) is 1.92. The van der Waals surface area contributed by atoms with Crippen molar-refractivity contribution in [2.45, 2.75) is 13.0 Å². The van der Waals surface area contributed by atoms with Crippen LogP contribution < -0.4 is 5.73 Å². The Hall–Kier alpha value is -0.870. The summed E-state index contributed by atoms with van der Waals surface area (Å²) in [6, 6.07) is 1.62. The van der Waals surface area contributed by atoms with Gasteiger partial charge in [-0.3, -0.25) is 0 Å². The zero-order valence-corrected chi connectivity index (χ0v) is 8.44. The Morgan fingerprint density at radius 3 is 2.57 bits per heavy atom. The number of hydrogen-bond donors (Lipinski definition) is 2. The van der Waals surface area contributed by atoms with E-state index in [4.69, 9.17) is 5.73 Å². The van der Waals surface area contributed by atoms with E-state index in [1.54, 1.807) is 6.92 Å². The van der Waals surface area contributed by atoms with E-state index >= 15 is 0 Å². The van der Waals surface area contributed by atoms with Gasteiger partial charge in [0.25, 0.3) is 0 Å². The predicted molar refractivity (Wildman–Crippen MR) is 53.0 cm³/mol. The Morgan fingerprint density at radius 1 is 1.50 bits per heavy atom. The minimum absolute atomic E-state index is 0. The molecule has 1 aromatic carbocycles. The van der Waals surface area contributed by atoms with E-state index in [1.165, 1.54) is 6.07 Å². The number of phenols is 1. The molecule has 1 atom stereocenters. The van der Waals surface area contributed by atoms with Gasteiger partial charge in [-0.1, -0.05) is 6.07 Å². The monoisotopic (exact) mass is 223 g/mol. The molecule has 2 nitrogen and oxygen atoms in total. The maximum Gasteiger partial charge on any atom is 0.165 e. The quantitative estimate of drug-likeness (QED) is 0.808. The average Bonchev–Trinajstić information content (AvgIpc) is 2.12. The summed E-state index contributed by atoms with van der Waals surface area (Å²) >= 11 is 0. The van der Waals surface area contributed by atoms with Crippen molar-refractivity contribution in [1.29, 1.82) is 0 Å². The Balaban J connectivity index is 0.00000169. The van der Waals surface area contributed by atoms with Crippen molar-refractivity contribution in [3.8, 4) is 5.75 Å². The first-order valence-corrected chi connectivity index (χ1v) is 3.87. The zero-order valence-electron chi connectivity index (χ0n) is 7.63. The first-order chi connectivity index (χ1) is 6.07. The molecule has 1 aromatic rings. The molecular formula is C9H12ClF2NO. The van der Waals surface area contributed by atoms with Crippen LogP contribution in [0.5, 0.6) is 5.75 Å². The molecule has 0 aliphatic heterocycles. The highest BCUT2D eigenvalue weighted by molar-refractivity contribution is 5.85. The van der Waals surface area contributed by atoms with Gasteiger partial charge in [-0.15, -0.1) is 12.4 Å². The number of aromatic hydroxyl groups is 1. The second kappa shape index (κ2) is 5.12. The topological polar surface area (TPSA) is 46.2 Å². The van der Waals surface area contributed by atoms with Crippen LogP contribution in [0.25, 0.3) is 0 Å². The molecule has 80 valence electrons. The lowest BCUT2D eigenvalue weighted by atomic mass is 10.0. The number of benzene rings is 1. The van der Waals surface area contributed by atoms with Gasteiger partial charge in [0.05, 0.1) is 6.04 Å². The molecule has 5 heteroatoms. The average molecular weight is 224 g/mol. The van der Waals surface area contributed by atoms with Crippen LogP contribution >= 0.6 is 12.4 Å². The van der Waals surface area contributed by atoms with Gasteiger partial charge >= 0.3 is 0 Å². The Bertz CT molecular complexity index is 320. The van der Waals surface area contributed by atoms with Crippen LogP contribution in [0.2, 0.25) is 0 Å². The van der Waals surface area contributed by atoms with Crippen molar-refractivity contribution in [3.63, 3.8) is 0 Å². The fourth-order valence-corrected chi connectivity index (χ4v) is 1.23. The van der Waals surface area contributed by atoms with E-state index in [9.17, 15) is 13.9 Å². The molecule has 0 unspecified atom stereocenters. The second-order valence-electron chi connectivity index (χ2n) is 2.89. The van der Waals surface area contributed by atoms with Crippen LogP contribution in [0.4, 0.5) is 8.78 Å². The summed E-state index contributed by atoms with van der Waals surface area (Å²) in [4.78, 5) is 0. The van der Waals surface area contributed by atoms with Gasteiger partial charge in [-0.25, -0.2) is 8.78 Å². The van der Waals surface area contributed by atoms with E-state index in [0.29, 0.717) is 5.56 Å². The summed E-state index contributed by atoms with van der Waals surface area (Å²) in [5, 5.41) is 9.26. The molecule has 0 amide bonds. The van der Waals surface area contributed by atoms with Crippen LogP contribution in [0.15, 0.2) is 12.1 Å². The van der Waals surface area contributed by atoms with E-state index in [0.717, 1.165) is 6.07 Å². The molecule has 0 aliphatic rings. The lowest BCUT2D eigenvalue weighted by Gasteiger charge is -2.13. The minimum atomic E-state index is -0.962. The van der Waals surface area contributed by atoms with Gasteiger partial charge < -0.3 is 10.8 Å². The fraction of sp³-hybridized carbons (Fsp3) is 0.333. The molecule has 0 radical (unpaired) electrons. The lowest BCUT2D eigenvalue weighted by molar-refractivity contribution is 0.395. The molecule has 0 heterocycles. The summed E-state index contributed by atoms with van der Waals surface area (Å²) in [7, 11) is 0. The number of rotatable bonds is 2. The number of alkyl halides is 1. The summed E-state index contributed by atoms with van der Waals surface area (Å²) in [6.07, 6.45) is 0. The van der Waals surface area contributed by atoms with E-state index in [-0.39, 0.29) is 18.0 Å². The Kier molecular flexibility index (Phi) is 4.80. The standard InChI is InChI=1S/C9H11F2NO.ClH/c1-5-2-3-6(11)9(13)8(5)7(12)4-10;/h2-3,7,13H,4,12H2,1H3;1H/t7-;/m1./s1. The highest BCUT2D eigenvalue weighted by Gasteiger charge is 2.16. The van der Waals surface area contributed by atoms with Crippen molar-refractivity contribution < 1.29 is 13.9 Å². The van der Waals surface area contributed by atoms with Crippen molar-refractivity contribution in [2.24, 2.45) is 5.73 Å². The smallest absolute Gasteiger partial charge is 0.165 e. The number of hydrogen-bond acceptors (Lipinski definition) is 2. The SMILES string of the molecule is Cc1ccc(F)c(O)c1[C@H](N)CF.Cl. The summed E-state index contributed by atoms with van der Waals surface area (Å²) in [6.45, 7) is 0.821. The molecule has 14 heavy (non-hydrogen) atoms. The van der Waals surface area contributed by atoms with Gasteiger partial charge in [-0.2, -0.15) is 0 Å². The minimum Gasteiger partial charge on any atom is -0.505 e. The maximum absolute atomic E-state index is 12.8. The van der Waals surface area contributed by atoms with Gasteiger partial charge in [0.15, 0.2) is 11.6 Å². The van der Waals surface area contributed by atoms with Crippen LogP contribution in [0.3, 0.4) is 0 Å². The second-order valence-corrected chi connectivity index (χ2v) is 2.89. The van der Waals surface area contributed by atoms with Crippen LogP contribution in [0, 0.1) is 12.7 Å². The predicted octanol–water partition coefficient (Wildman–Crippen LogP) is 2.23. The van der Waals surface area contributed by atoms with E-state index in [2.05, 4.69) is 0 Å². The molecule has 0 saturated heterocycles. The number of phenolic OH excluding ortho intramolecular Hbond substituents is 1. The number of aryl methyl sites for hydroxylation is 1. The maximum atomic E-state index is 12.8. The molecule has 0 aromatic heterocycles. The molecule has 3 N–H and O–H groups in total. The van der Waals surface area contributed by atoms with Crippen molar-refractivity contribution in [2.75, 3.05) is 6.67 Å². The van der Waals surface area contributed by atoms with Gasteiger partial charge in [0.2, 0.25) is 0 Å². The van der Waals surface area contributed by atoms with Crippen molar-refractivity contribution >= 4 is 12.4 Å². The Labute approximate surface area is 87.1 Å². The van der Waals surface area contributed by atoms with Gasteiger partial charge in [0.1, 0.15) is 6.67 Å². The van der Waals surface area contributed by atoms with Crippen LogP contribution in [0.1, 0.15) is 17.2 Å². The number of halogens is 3. The first kappa shape index (κ1) is 13.1. The fourth-order valence-electron chi connectivity index (χ4n) is 1.23. The van der Waals surface area contributed by atoms with Crippen molar-refractivity contribution in [3.05, 3.63) is 29.1 Å². The summed E-state index contributed by atoms with van der Waals surface area (Å²) < 4.78 is 25.0. The van der Waals surface area contributed by atoms with Crippen molar-refractivity contribution in [1.82, 2.24) is 0 Å². The van der Waals surface area contributed by atoms with E-state index in [1.807, 2.05) is 0 Å². The third-order valence-electron chi connectivity index (χ3n) is 1.92. The molecule has 0 aliphatic carbocycles. The molecule has 1 rings (SSSR count). The largest absolute Gasteiger partial charge is 0.505 e. The summed E-state index contributed by atoms with van der Waals surface area (Å²) in [5.41, 5.74) is 6.09. The third kappa shape index (κ3) is 2.33. The molecule has 0 fully saturated rings. The highest BCUT2D eigenvalue weighted by Crippen LogP contribution is 2.29. The van der Waals surface area contributed by atoms with Crippen LogP contribution in [-0.2, 0) is 0 Å². The molecule has 0 saturated carbocycles. The normalized spacial score (nSPS) is 12.0. The molecule has 0 spiro atoms. The van der Waals surface area contributed by atoms with Gasteiger partial charge in [-0.05, 0) is 18.6 Å². The lowest BCUT2D eigenvalue weighted by Crippen LogP contribution is -2.14. The Morgan fingerprint density at radius 2 is 2.07 bits per heavy atom. The summed E-state index contributed by atoms with van der Waals surface area (Å²) in [5.74, 6) is -1.32. The van der Waals surface area contributed by atoms with Crippen LogP contribution in [-0.4, -0.2) is 11.8 Å². The first-order valence-electron chi connectivity index (χ1n) is 3.87.